The minimum atomic E-state index is -1.21. The number of carboxylic acids is 1. The van der Waals surface area contributed by atoms with Crippen LogP contribution in [0.25, 0.3) is 0 Å². The van der Waals surface area contributed by atoms with Gasteiger partial charge in [-0.05, 0) is 11.6 Å². The zero-order chi connectivity index (χ0) is 11.5. The third kappa shape index (κ3) is 2.05. The van der Waals surface area contributed by atoms with Crippen molar-refractivity contribution in [2.24, 2.45) is 0 Å². The van der Waals surface area contributed by atoms with Crippen molar-refractivity contribution in [1.29, 1.82) is 0 Å². The maximum absolute atomic E-state index is 13.3. The largest absolute Gasteiger partial charge is 0.475 e. The maximum atomic E-state index is 13.3. The second-order valence-electron chi connectivity index (χ2n) is 3.18. The number of nitrogens with one attached hydrogen (secondary N) is 1. The van der Waals surface area contributed by atoms with E-state index in [1.54, 1.807) is 18.2 Å². The maximum Gasteiger partial charge on any atom is 0.375 e. The molecule has 5 nitrogen and oxygen atoms in total. The van der Waals surface area contributed by atoms with E-state index in [1.165, 1.54) is 6.07 Å². The van der Waals surface area contributed by atoms with Gasteiger partial charge < -0.3 is 5.11 Å². The Morgan fingerprint density at radius 1 is 1.44 bits per heavy atom. The zero-order valence-corrected chi connectivity index (χ0v) is 8.14. The molecule has 1 aromatic carbocycles. The number of rotatable bonds is 3. The lowest BCUT2D eigenvalue weighted by atomic mass is 10.1. The van der Waals surface area contributed by atoms with E-state index < -0.39 is 5.97 Å². The molecule has 1 aromatic heterocycles. The Labute approximate surface area is 90.0 Å². The first kappa shape index (κ1) is 10.3. The molecule has 0 saturated carbocycles. The van der Waals surface area contributed by atoms with Gasteiger partial charge in [-0.25, -0.2) is 14.2 Å². The number of carboxylic acid groups (broad SMARTS) is 1. The van der Waals surface area contributed by atoms with Gasteiger partial charge in [-0.2, -0.15) is 0 Å². The first-order chi connectivity index (χ1) is 7.66. The van der Waals surface area contributed by atoms with Crippen molar-refractivity contribution in [3.05, 3.63) is 47.3 Å². The standard InChI is InChI=1S/C10H8FN3O2/c11-7-4-2-1-3-6(7)5-8-12-9(10(15)16)14-13-8/h1-4H,5H2,(H,15,16)(H,12,13,14). The number of H-pyrrole nitrogens is 1. The number of aromatic carboxylic acids is 1. The molecule has 0 aliphatic rings. The highest BCUT2D eigenvalue weighted by atomic mass is 19.1. The van der Waals surface area contributed by atoms with E-state index in [4.69, 9.17) is 5.11 Å². The Kier molecular flexibility index (Phi) is 2.63. The van der Waals surface area contributed by atoms with Crippen LogP contribution >= 0.6 is 0 Å². The van der Waals surface area contributed by atoms with Crippen LogP contribution in [-0.2, 0) is 6.42 Å². The number of halogens is 1. The Bertz CT molecular complexity index is 524. The van der Waals surface area contributed by atoms with E-state index >= 15 is 0 Å². The van der Waals surface area contributed by atoms with Gasteiger partial charge in [0.2, 0.25) is 0 Å². The Morgan fingerprint density at radius 2 is 2.19 bits per heavy atom. The lowest BCUT2D eigenvalue weighted by Crippen LogP contribution is -1.99. The van der Waals surface area contributed by atoms with E-state index in [-0.39, 0.29) is 18.1 Å². The molecule has 0 unspecified atom stereocenters. The lowest BCUT2D eigenvalue weighted by molar-refractivity contribution is 0.0684. The van der Waals surface area contributed by atoms with Crippen molar-refractivity contribution in [2.45, 2.75) is 6.42 Å². The third-order valence-corrected chi connectivity index (χ3v) is 2.04. The molecule has 0 spiro atoms. The molecule has 0 aliphatic carbocycles. The fraction of sp³-hybridized carbons (Fsp3) is 0.100. The van der Waals surface area contributed by atoms with Crippen LogP contribution in [0.3, 0.4) is 0 Å². The fourth-order valence-corrected chi connectivity index (χ4v) is 1.29. The highest BCUT2D eigenvalue weighted by Crippen LogP contribution is 2.10. The van der Waals surface area contributed by atoms with Crippen molar-refractivity contribution in [3.8, 4) is 0 Å². The minimum Gasteiger partial charge on any atom is -0.475 e. The van der Waals surface area contributed by atoms with Crippen LogP contribution in [0.2, 0.25) is 0 Å². The fourth-order valence-electron chi connectivity index (χ4n) is 1.29. The number of hydrogen-bond donors (Lipinski definition) is 2. The van der Waals surface area contributed by atoms with Crippen LogP contribution in [0, 0.1) is 5.82 Å². The molecule has 0 bridgehead atoms. The number of nitrogens with zero attached hydrogens (tertiary/aromatic N) is 2. The second-order valence-corrected chi connectivity index (χ2v) is 3.18. The van der Waals surface area contributed by atoms with Gasteiger partial charge in [0.1, 0.15) is 11.6 Å². The molecule has 2 N–H and O–H groups in total. The van der Waals surface area contributed by atoms with Crippen LogP contribution in [0.1, 0.15) is 22.0 Å². The summed E-state index contributed by atoms with van der Waals surface area (Å²) in [5.41, 5.74) is 0.440. The summed E-state index contributed by atoms with van der Waals surface area (Å²) < 4.78 is 13.3. The van der Waals surface area contributed by atoms with Crippen molar-refractivity contribution < 1.29 is 14.3 Å². The summed E-state index contributed by atoms with van der Waals surface area (Å²) >= 11 is 0. The molecule has 0 saturated heterocycles. The van der Waals surface area contributed by atoms with E-state index in [0.29, 0.717) is 11.4 Å². The van der Waals surface area contributed by atoms with E-state index in [9.17, 15) is 9.18 Å². The van der Waals surface area contributed by atoms with E-state index in [0.717, 1.165) is 0 Å². The topological polar surface area (TPSA) is 78.9 Å². The van der Waals surface area contributed by atoms with E-state index in [2.05, 4.69) is 15.2 Å². The van der Waals surface area contributed by atoms with Crippen LogP contribution < -0.4 is 0 Å². The SMILES string of the molecule is O=C(O)c1n[nH]c(Cc2ccccc2F)n1. The molecule has 0 aliphatic heterocycles. The van der Waals surface area contributed by atoms with Gasteiger partial charge in [0.15, 0.2) is 0 Å². The van der Waals surface area contributed by atoms with Gasteiger partial charge >= 0.3 is 5.97 Å². The Hall–Kier alpha value is -2.24. The highest BCUT2D eigenvalue weighted by molar-refractivity contribution is 5.82. The average Bonchev–Trinajstić information content (AvgIpc) is 2.70. The summed E-state index contributed by atoms with van der Waals surface area (Å²) in [5.74, 6) is -1.55. The molecule has 6 heteroatoms. The van der Waals surface area contributed by atoms with Crippen molar-refractivity contribution in [2.75, 3.05) is 0 Å². The molecule has 0 fully saturated rings. The quantitative estimate of drug-likeness (QED) is 0.817. The average molecular weight is 221 g/mol. The van der Waals surface area contributed by atoms with Gasteiger partial charge in [0.25, 0.3) is 5.82 Å². The highest BCUT2D eigenvalue weighted by Gasteiger charge is 2.11. The summed E-state index contributed by atoms with van der Waals surface area (Å²) in [6.45, 7) is 0. The smallest absolute Gasteiger partial charge is 0.375 e. The van der Waals surface area contributed by atoms with E-state index in [1.807, 2.05) is 0 Å². The van der Waals surface area contributed by atoms with Crippen molar-refractivity contribution in [3.63, 3.8) is 0 Å². The van der Waals surface area contributed by atoms with Crippen molar-refractivity contribution in [1.82, 2.24) is 15.2 Å². The van der Waals surface area contributed by atoms with Crippen LogP contribution in [0.5, 0.6) is 0 Å². The molecular weight excluding hydrogens is 213 g/mol. The predicted molar refractivity (Wildman–Crippen MR) is 52.5 cm³/mol. The van der Waals surface area contributed by atoms with Gasteiger partial charge in [0, 0.05) is 6.42 Å². The molecule has 2 rings (SSSR count). The normalized spacial score (nSPS) is 10.3. The predicted octanol–water partition coefficient (Wildman–Crippen LogP) is 1.23. The number of carbonyl (C=O) groups is 1. The molecule has 0 radical (unpaired) electrons. The molecule has 1 heterocycles. The summed E-state index contributed by atoms with van der Waals surface area (Å²) in [5, 5.41) is 14.5. The van der Waals surface area contributed by atoms with Gasteiger partial charge in [-0.15, -0.1) is 5.10 Å². The van der Waals surface area contributed by atoms with Crippen LogP contribution in [-0.4, -0.2) is 26.3 Å². The van der Waals surface area contributed by atoms with Crippen LogP contribution in [0.15, 0.2) is 24.3 Å². The Morgan fingerprint density at radius 3 is 2.81 bits per heavy atom. The number of aromatic amines is 1. The van der Waals surface area contributed by atoms with Gasteiger partial charge in [-0.1, -0.05) is 18.2 Å². The lowest BCUT2D eigenvalue weighted by Gasteiger charge is -1.98. The third-order valence-electron chi connectivity index (χ3n) is 2.04. The molecule has 2 aromatic rings. The van der Waals surface area contributed by atoms with Gasteiger partial charge in [-0.3, -0.25) is 5.10 Å². The summed E-state index contributed by atoms with van der Waals surface area (Å²) in [7, 11) is 0. The summed E-state index contributed by atoms with van der Waals surface area (Å²) in [6.07, 6.45) is 0.187. The van der Waals surface area contributed by atoms with Crippen molar-refractivity contribution >= 4 is 5.97 Å². The summed E-state index contributed by atoms with van der Waals surface area (Å²) in [6, 6.07) is 6.23. The Balaban J connectivity index is 2.21. The van der Waals surface area contributed by atoms with Gasteiger partial charge in [0.05, 0.1) is 0 Å². The minimum absolute atomic E-state index is 0.187. The monoisotopic (exact) mass is 221 g/mol. The number of benzene rings is 1. The first-order valence-electron chi connectivity index (χ1n) is 4.55. The molecule has 0 atom stereocenters. The molecule has 16 heavy (non-hydrogen) atoms. The summed E-state index contributed by atoms with van der Waals surface area (Å²) in [4.78, 5) is 14.2. The number of hydrogen-bond acceptors (Lipinski definition) is 3. The zero-order valence-electron chi connectivity index (χ0n) is 8.14. The molecule has 0 amide bonds. The molecular formula is C10H8FN3O2. The first-order valence-corrected chi connectivity index (χ1v) is 4.55. The van der Waals surface area contributed by atoms with Crippen LogP contribution in [0.4, 0.5) is 4.39 Å². The molecule has 82 valence electrons. The number of aromatic nitrogens is 3. The second kappa shape index (κ2) is 4.09.